The topological polar surface area (TPSA) is 44.9 Å². The van der Waals surface area contributed by atoms with Crippen LogP contribution in [0.15, 0.2) is 86.0 Å². The van der Waals surface area contributed by atoms with Gasteiger partial charge in [0.05, 0.1) is 12.7 Å². The van der Waals surface area contributed by atoms with Gasteiger partial charge in [0.2, 0.25) is 0 Å². The Balaban J connectivity index is 1.48. The van der Waals surface area contributed by atoms with Crippen molar-refractivity contribution in [2.75, 3.05) is 0 Å². The average Bonchev–Trinajstić information content (AvgIpc) is 3.30. The minimum atomic E-state index is 0.776. The Kier molecular flexibility index (Phi) is 4.29. The molecule has 2 aromatic heterocycles. The Hall–Kier alpha value is -3.34. The molecule has 0 amide bonds. The van der Waals surface area contributed by atoms with Crippen LogP contribution in [0.2, 0.25) is 0 Å². The molecule has 4 rings (SSSR count). The quantitative estimate of drug-likeness (QED) is 0.537. The van der Waals surface area contributed by atoms with Crippen LogP contribution in [-0.4, -0.2) is 19.1 Å². The van der Waals surface area contributed by atoms with Crippen molar-refractivity contribution in [2.45, 2.75) is 13.1 Å². The molecule has 124 valence electrons. The first-order chi connectivity index (χ1) is 12.3. The summed E-state index contributed by atoms with van der Waals surface area (Å²) in [6.07, 6.45) is 11.1. The second-order valence-corrected chi connectivity index (χ2v) is 5.87. The smallest absolute Gasteiger partial charge is 0.127 e. The van der Waals surface area contributed by atoms with E-state index in [2.05, 4.69) is 34.2 Å². The third-order valence-corrected chi connectivity index (χ3v) is 3.88. The van der Waals surface area contributed by atoms with Gasteiger partial charge in [0.1, 0.15) is 11.5 Å². The van der Waals surface area contributed by atoms with Gasteiger partial charge in [-0.05, 0) is 35.4 Å². The monoisotopic (exact) mass is 330 g/mol. The van der Waals surface area contributed by atoms with E-state index in [0.29, 0.717) is 0 Å². The molecule has 0 saturated heterocycles. The summed E-state index contributed by atoms with van der Waals surface area (Å²) in [4.78, 5) is 8.15. The fraction of sp³-hybridized carbons (Fsp3) is 0.100. The maximum Gasteiger partial charge on any atom is 0.127 e. The molecule has 0 atom stereocenters. The largest absolute Gasteiger partial charge is 0.457 e. The molecule has 25 heavy (non-hydrogen) atoms. The van der Waals surface area contributed by atoms with Crippen LogP contribution < -0.4 is 4.74 Å². The highest BCUT2D eigenvalue weighted by molar-refractivity contribution is 5.36. The molecule has 0 saturated carbocycles. The van der Waals surface area contributed by atoms with Crippen molar-refractivity contribution in [2.24, 2.45) is 0 Å². The van der Waals surface area contributed by atoms with E-state index in [1.807, 2.05) is 58.4 Å². The number of aromatic nitrogens is 4. The van der Waals surface area contributed by atoms with Crippen molar-refractivity contribution in [3.63, 3.8) is 0 Å². The SMILES string of the molecule is c1cc(Cn2ccnc2)cc(Oc2cccc(Cn3ccnc3)c2)c1. The van der Waals surface area contributed by atoms with Crippen molar-refractivity contribution in [3.8, 4) is 11.5 Å². The van der Waals surface area contributed by atoms with Gasteiger partial charge in [-0.25, -0.2) is 9.97 Å². The van der Waals surface area contributed by atoms with E-state index in [-0.39, 0.29) is 0 Å². The highest BCUT2D eigenvalue weighted by Crippen LogP contribution is 2.24. The predicted octanol–water partition coefficient (Wildman–Crippen LogP) is 3.97. The lowest BCUT2D eigenvalue weighted by Crippen LogP contribution is -1.97. The highest BCUT2D eigenvalue weighted by atomic mass is 16.5. The average molecular weight is 330 g/mol. The molecule has 0 aliphatic rings. The van der Waals surface area contributed by atoms with Gasteiger partial charge in [0, 0.05) is 37.9 Å². The molecular formula is C20H18N4O. The Morgan fingerprint density at radius 1 is 0.720 bits per heavy atom. The molecule has 0 bridgehead atoms. The summed E-state index contributed by atoms with van der Waals surface area (Å²) in [6, 6.07) is 16.3. The fourth-order valence-corrected chi connectivity index (χ4v) is 2.73. The van der Waals surface area contributed by atoms with Crippen LogP contribution in [0.5, 0.6) is 11.5 Å². The van der Waals surface area contributed by atoms with Gasteiger partial charge in [-0.15, -0.1) is 0 Å². The molecule has 0 fully saturated rings. The summed E-state index contributed by atoms with van der Waals surface area (Å²) in [7, 11) is 0. The summed E-state index contributed by atoms with van der Waals surface area (Å²) in [5.74, 6) is 1.66. The van der Waals surface area contributed by atoms with E-state index >= 15 is 0 Å². The number of nitrogens with zero attached hydrogens (tertiary/aromatic N) is 4. The zero-order chi connectivity index (χ0) is 16.9. The molecule has 2 heterocycles. The molecule has 5 nitrogen and oxygen atoms in total. The van der Waals surface area contributed by atoms with E-state index < -0.39 is 0 Å². The number of rotatable bonds is 6. The van der Waals surface area contributed by atoms with Crippen molar-refractivity contribution >= 4 is 0 Å². The Morgan fingerprint density at radius 2 is 1.24 bits per heavy atom. The van der Waals surface area contributed by atoms with Crippen LogP contribution in [0.4, 0.5) is 0 Å². The second kappa shape index (κ2) is 7.05. The summed E-state index contributed by atoms with van der Waals surface area (Å²) in [5, 5.41) is 0. The molecule has 0 spiro atoms. The zero-order valence-electron chi connectivity index (χ0n) is 13.7. The van der Waals surface area contributed by atoms with Gasteiger partial charge >= 0.3 is 0 Å². The third-order valence-electron chi connectivity index (χ3n) is 3.88. The van der Waals surface area contributed by atoms with Gasteiger partial charge in [0.15, 0.2) is 0 Å². The molecule has 4 aromatic rings. The third kappa shape index (κ3) is 3.95. The van der Waals surface area contributed by atoms with Gasteiger partial charge in [-0.3, -0.25) is 0 Å². The van der Waals surface area contributed by atoms with Crippen molar-refractivity contribution in [3.05, 3.63) is 97.1 Å². The number of benzene rings is 2. The summed E-state index contributed by atoms with van der Waals surface area (Å²) in [5.41, 5.74) is 2.34. The summed E-state index contributed by atoms with van der Waals surface area (Å²) in [6.45, 7) is 1.55. The van der Waals surface area contributed by atoms with Crippen LogP contribution in [0.3, 0.4) is 0 Å². The minimum absolute atomic E-state index is 0.776. The number of imidazole rings is 2. The Bertz CT molecular complexity index is 852. The lowest BCUT2D eigenvalue weighted by atomic mass is 10.2. The molecule has 0 unspecified atom stereocenters. The van der Waals surface area contributed by atoms with Gasteiger partial charge in [-0.2, -0.15) is 0 Å². The van der Waals surface area contributed by atoms with Crippen LogP contribution in [-0.2, 0) is 13.1 Å². The molecular weight excluding hydrogens is 312 g/mol. The van der Waals surface area contributed by atoms with Crippen LogP contribution in [0, 0.1) is 0 Å². The van der Waals surface area contributed by atoms with Gasteiger partial charge in [-0.1, -0.05) is 24.3 Å². The lowest BCUT2D eigenvalue weighted by Gasteiger charge is -2.10. The number of hydrogen-bond acceptors (Lipinski definition) is 3. The highest BCUT2D eigenvalue weighted by Gasteiger charge is 2.02. The van der Waals surface area contributed by atoms with Crippen molar-refractivity contribution in [1.82, 2.24) is 19.1 Å². The molecule has 0 aliphatic heterocycles. The van der Waals surface area contributed by atoms with Crippen molar-refractivity contribution in [1.29, 1.82) is 0 Å². The molecule has 5 heteroatoms. The molecule has 0 radical (unpaired) electrons. The molecule has 0 N–H and O–H groups in total. The number of ether oxygens (including phenoxy) is 1. The lowest BCUT2D eigenvalue weighted by molar-refractivity contribution is 0.480. The first kappa shape index (κ1) is 15.2. The molecule has 0 aliphatic carbocycles. The van der Waals surface area contributed by atoms with E-state index in [0.717, 1.165) is 24.6 Å². The van der Waals surface area contributed by atoms with E-state index in [9.17, 15) is 0 Å². The van der Waals surface area contributed by atoms with Crippen LogP contribution in [0.1, 0.15) is 11.1 Å². The van der Waals surface area contributed by atoms with E-state index in [4.69, 9.17) is 4.74 Å². The normalized spacial score (nSPS) is 10.7. The first-order valence-electron chi connectivity index (χ1n) is 8.12. The maximum atomic E-state index is 6.05. The van der Waals surface area contributed by atoms with Crippen LogP contribution >= 0.6 is 0 Å². The maximum absolute atomic E-state index is 6.05. The van der Waals surface area contributed by atoms with E-state index in [1.54, 1.807) is 12.4 Å². The fourth-order valence-electron chi connectivity index (χ4n) is 2.73. The first-order valence-corrected chi connectivity index (χ1v) is 8.12. The Labute approximate surface area is 146 Å². The van der Waals surface area contributed by atoms with Crippen molar-refractivity contribution < 1.29 is 4.74 Å². The van der Waals surface area contributed by atoms with E-state index in [1.165, 1.54) is 11.1 Å². The summed E-state index contributed by atoms with van der Waals surface area (Å²) >= 11 is 0. The minimum Gasteiger partial charge on any atom is -0.457 e. The molecule has 2 aromatic carbocycles. The summed E-state index contributed by atoms with van der Waals surface area (Å²) < 4.78 is 10.1. The Morgan fingerprint density at radius 3 is 1.68 bits per heavy atom. The van der Waals surface area contributed by atoms with Gasteiger partial charge in [0.25, 0.3) is 0 Å². The number of hydrogen-bond donors (Lipinski definition) is 0. The standard InChI is InChI=1S/C20H18N4O/c1-3-17(13-23-9-7-21-15-23)11-19(5-1)25-20-6-2-4-18(12-20)14-24-10-8-22-16-24/h1-12,15-16H,13-14H2. The van der Waals surface area contributed by atoms with Crippen LogP contribution in [0.25, 0.3) is 0 Å². The van der Waals surface area contributed by atoms with Gasteiger partial charge < -0.3 is 13.9 Å². The zero-order valence-corrected chi connectivity index (χ0v) is 13.7. The predicted molar refractivity (Wildman–Crippen MR) is 95.6 cm³/mol. The second-order valence-electron chi connectivity index (χ2n) is 5.87.